The van der Waals surface area contributed by atoms with Crippen molar-refractivity contribution in [3.8, 4) is 0 Å². The maximum Gasteiger partial charge on any atom is 0.283 e. The maximum atomic E-state index is 13.3. The number of thiophene rings is 1. The minimum absolute atomic E-state index is 0.257. The summed E-state index contributed by atoms with van der Waals surface area (Å²) in [4.78, 5) is 31.7. The molecule has 0 saturated heterocycles. The van der Waals surface area contributed by atoms with Gasteiger partial charge in [-0.05, 0) is 42.3 Å². The fraction of sp³-hybridized carbons (Fsp3) is 0.0909. The van der Waals surface area contributed by atoms with Gasteiger partial charge in [-0.1, -0.05) is 53.7 Å². The van der Waals surface area contributed by atoms with Crippen LogP contribution in [0.3, 0.4) is 0 Å². The number of carbonyl (C=O) groups excluding carboxylic acids is 1. The summed E-state index contributed by atoms with van der Waals surface area (Å²) in [6.07, 6.45) is 0. The van der Waals surface area contributed by atoms with Gasteiger partial charge in [0.2, 0.25) is 0 Å². The number of aromatic nitrogens is 2. The third kappa shape index (κ3) is 3.67. The molecule has 0 saturated carbocycles. The summed E-state index contributed by atoms with van der Waals surface area (Å²) in [5.74, 6) is 0.331. The molecule has 0 spiro atoms. The van der Waals surface area contributed by atoms with E-state index in [0.29, 0.717) is 42.3 Å². The molecule has 0 fully saturated rings. The standard InChI is InChI=1S/C22H15ClN4O2S2/c1-12-17-20(31-18(12)19(28)24-15-5-3-2-4-6-15)25-22-27(21(17)29)26-16(11-30-22)13-7-9-14(23)10-8-13/h2-10H,11H2,1H3,(H,24,28). The lowest BCUT2D eigenvalue weighted by molar-refractivity contribution is 0.103. The number of hydrogen-bond donors (Lipinski definition) is 1. The third-order valence-corrected chi connectivity index (χ3v) is 7.26. The van der Waals surface area contributed by atoms with E-state index in [1.54, 1.807) is 19.1 Å². The number of benzene rings is 2. The van der Waals surface area contributed by atoms with Crippen molar-refractivity contribution in [2.75, 3.05) is 11.1 Å². The molecule has 4 aromatic rings. The number of amides is 1. The number of halogens is 1. The monoisotopic (exact) mass is 466 g/mol. The molecule has 154 valence electrons. The molecule has 2 aromatic carbocycles. The van der Waals surface area contributed by atoms with Crippen LogP contribution in [0.15, 0.2) is 69.6 Å². The summed E-state index contributed by atoms with van der Waals surface area (Å²) in [6.45, 7) is 1.77. The Kier molecular flexibility index (Phi) is 5.13. The summed E-state index contributed by atoms with van der Waals surface area (Å²) < 4.78 is 1.33. The highest BCUT2D eigenvalue weighted by molar-refractivity contribution is 7.99. The van der Waals surface area contributed by atoms with Crippen molar-refractivity contribution in [2.45, 2.75) is 12.1 Å². The quantitative estimate of drug-likeness (QED) is 0.429. The van der Waals surface area contributed by atoms with E-state index in [1.165, 1.54) is 27.8 Å². The molecule has 0 atom stereocenters. The number of aryl methyl sites for hydroxylation is 1. The Morgan fingerprint density at radius 3 is 2.61 bits per heavy atom. The SMILES string of the molecule is Cc1c(C(=O)Nc2ccccc2)sc2nc3n(c(=O)c12)N=C(c1ccc(Cl)cc1)CS3. The Morgan fingerprint density at radius 2 is 1.87 bits per heavy atom. The molecular weight excluding hydrogens is 452 g/mol. The largest absolute Gasteiger partial charge is 0.321 e. The number of carbonyl (C=O) groups is 1. The van der Waals surface area contributed by atoms with Gasteiger partial charge in [-0.25, -0.2) is 4.98 Å². The molecular formula is C22H15ClN4O2S2. The number of nitrogens with zero attached hydrogens (tertiary/aromatic N) is 3. The molecule has 3 heterocycles. The van der Waals surface area contributed by atoms with Crippen LogP contribution in [0.4, 0.5) is 5.69 Å². The van der Waals surface area contributed by atoms with Crippen LogP contribution in [-0.2, 0) is 0 Å². The number of hydrogen-bond acceptors (Lipinski definition) is 6. The molecule has 1 aliphatic rings. The van der Waals surface area contributed by atoms with E-state index in [2.05, 4.69) is 15.4 Å². The molecule has 0 bridgehead atoms. The normalized spacial score (nSPS) is 13.0. The topological polar surface area (TPSA) is 76.3 Å². The summed E-state index contributed by atoms with van der Waals surface area (Å²) in [5, 5.41) is 9.02. The second-order valence-corrected chi connectivity index (χ2v) is 9.29. The van der Waals surface area contributed by atoms with Crippen LogP contribution in [0.1, 0.15) is 20.8 Å². The molecule has 0 unspecified atom stereocenters. The molecule has 1 N–H and O–H groups in total. The zero-order chi connectivity index (χ0) is 21.5. The Bertz CT molecular complexity index is 1410. The second kappa shape index (κ2) is 7.96. The lowest BCUT2D eigenvalue weighted by atomic mass is 10.1. The van der Waals surface area contributed by atoms with Crippen molar-refractivity contribution in [3.63, 3.8) is 0 Å². The van der Waals surface area contributed by atoms with E-state index in [1.807, 2.05) is 42.5 Å². The van der Waals surface area contributed by atoms with E-state index in [0.717, 1.165) is 11.3 Å². The van der Waals surface area contributed by atoms with Crippen LogP contribution < -0.4 is 10.9 Å². The molecule has 31 heavy (non-hydrogen) atoms. The molecule has 2 aromatic heterocycles. The lowest BCUT2D eigenvalue weighted by Crippen LogP contribution is -2.25. The highest BCUT2D eigenvalue weighted by Crippen LogP contribution is 2.31. The van der Waals surface area contributed by atoms with Gasteiger partial charge in [-0.3, -0.25) is 9.59 Å². The van der Waals surface area contributed by atoms with Gasteiger partial charge in [-0.15, -0.1) is 11.3 Å². The van der Waals surface area contributed by atoms with Crippen molar-refractivity contribution in [1.29, 1.82) is 0 Å². The molecule has 9 heteroatoms. The molecule has 1 aliphatic heterocycles. The Balaban J connectivity index is 1.57. The van der Waals surface area contributed by atoms with Gasteiger partial charge in [-0.2, -0.15) is 9.78 Å². The van der Waals surface area contributed by atoms with Gasteiger partial charge in [0.25, 0.3) is 11.5 Å². The Labute approximate surface area is 190 Å². The van der Waals surface area contributed by atoms with Gasteiger partial charge in [0.1, 0.15) is 4.83 Å². The second-order valence-electron chi connectivity index (χ2n) is 6.91. The van der Waals surface area contributed by atoms with Crippen LogP contribution >= 0.6 is 34.7 Å². The Morgan fingerprint density at radius 1 is 1.13 bits per heavy atom. The first-order chi connectivity index (χ1) is 15.0. The zero-order valence-electron chi connectivity index (χ0n) is 16.3. The summed E-state index contributed by atoms with van der Waals surface area (Å²) >= 11 is 8.65. The predicted octanol–water partition coefficient (Wildman–Crippen LogP) is 5.03. The average molecular weight is 467 g/mol. The number of anilines is 1. The summed E-state index contributed by atoms with van der Waals surface area (Å²) in [7, 11) is 0. The fourth-order valence-electron chi connectivity index (χ4n) is 3.33. The van der Waals surface area contributed by atoms with Crippen LogP contribution in [0, 0.1) is 6.92 Å². The molecule has 5 rings (SSSR count). The van der Waals surface area contributed by atoms with Gasteiger partial charge in [0.05, 0.1) is 16.0 Å². The van der Waals surface area contributed by atoms with Crippen LogP contribution in [0.2, 0.25) is 5.02 Å². The van der Waals surface area contributed by atoms with E-state index >= 15 is 0 Å². The van der Waals surface area contributed by atoms with Crippen molar-refractivity contribution in [1.82, 2.24) is 9.66 Å². The number of nitrogens with one attached hydrogen (secondary N) is 1. The first-order valence-electron chi connectivity index (χ1n) is 9.40. The van der Waals surface area contributed by atoms with Crippen LogP contribution in [-0.4, -0.2) is 27.0 Å². The summed E-state index contributed by atoms with van der Waals surface area (Å²) in [5.41, 5.74) is 2.71. The van der Waals surface area contributed by atoms with Gasteiger partial charge < -0.3 is 5.32 Å². The first-order valence-corrected chi connectivity index (χ1v) is 11.6. The van der Waals surface area contributed by atoms with E-state index in [4.69, 9.17) is 11.6 Å². The minimum Gasteiger partial charge on any atom is -0.321 e. The number of thioether (sulfide) groups is 1. The van der Waals surface area contributed by atoms with Crippen LogP contribution in [0.5, 0.6) is 0 Å². The maximum absolute atomic E-state index is 13.3. The lowest BCUT2D eigenvalue weighted by Gasteiger charge is -2.15. The highest BCUT2D eigenvalue weighted by Gasteiger charge is 2.24. The fourth-order valence-corrected chi connectivity index (χ4v) is 5.47. The highest BCUT2D eigenvalue weighted by atomic mass is 35.5. The molecule has 6 nitrogen and oxygen atoms in total. The van der Waals surface area contributed by atoms with E-state index in [-0.39, 0.29) is 11.5 Å². The Hall–Kier alpha value is -2.94. The van der Waals surface area contributed by atoms with E-state index in [9.17, 15) is 9.59 Å². The minimum atomic E-state index is -0.272. The van der Waals surface area contributed by atoms with Crippen molar-refractivity contribution >= 4 is 62.2 Å². The van der Waals surface area contributed by atoms with E-state index < -0.39 is 0 Å². The van der Waals surface area contributed by atoms with Gasteiger partial charge in [0.15, 0.2) is 5.16 Å². The summed E-state index contributed by atoms with van der Waals surface area (Å²) in [6, 6.07) is 16.6. The van der Waals surface area contributed by atoms with Crippen LogP contribution in [0.25, 0.3) is 10.2 Å². The third-order valence-electron chi connectivity index (χ3n) is 4.89. The van der Waals surface area contributed by atoms with Crippen molar-refractivity contribution < 1.29 is 4.79 Å². The molecule has 0 radical (unpaired) electrons. The predicted molar refractivity (Wildman–Crippen MR) is 127 cm³/mol. The van der Waals surface area contributed by atoms with Gasteiger partial charge >= 0.3 is 0 Å². The number of rotatable bonds is 3. The van der Waals surface area contributed by atoms with Crippen molar-refractivity contribution in [2.24, 2.45) is 5.10 Å². The molecule has 1 amide bonds. The molecule has 0 aliphatic carbocycles. The zero-order valence-corrected chi connectivity index (χ0v) is 18.6. The van der Waals surface area contributed by atoms with Gasteiger partial charge in [0, 0.05) is 16.5 Å². The average Bonchev–Trinajstić information content (AvgIpc) is 3.11. The van der Waals surface area contributed by atoms with Crippen molar-refractivity contribution in [3.05, 3.63) is 86.0 Å². The first kappa shape index (κ1) is 20.0. The number of fused-ring (bicyclic) bond motifs is 2. The number of para-hydroxylation sites is 1. The smallest absolute Gasteiger partial charge is 0.283 e.